The zero-order valence-electron chi connectivity index (χ0n) is 12.7. The van der Waals surface area contributed by atoms with Crippen LogP contribution in [0.5, 0.6) is 11.5 Å². The van der Waals surface area contributed by atoms with Gasteiger partial charge in [0.25, 0.3) is 0 Å². The number of benzene rings is 1. The van der Waals surface area contributed by atoms with Gasteiger partial charge in [0, 0.05) is 56.4 Å². The second-order valence-corrected chi connectivity index (χ2v) is 6.66. The molecule has 0 aromatic heterocycles. The third-order valence-electron chi connectivity index (χ3n) is 4.89. The second-order valence-electron chi connectivity index (χ2n) is 6.26. The summed E-state index contributed by atoms with van der Waals surface area (Å²) in [6.45, 7) is 7.98. The molecule has 1 aromatic carbocycles. The molecule has 0 aliphatic carbocycles. The van der Waals surface area contributed by atoms with Crippen molar-refractivity contribution in [1.29, 1.82) is 0 Å². The predicted octanol–water partition coefficient (Wildman–Crippen LogP) is 1.55. The Bertz CT molecular complexity index is 540. The van der Waals surface area contributed by atoms with E-state index in [1.807, 2.05) is 12.1 Å². The van der Waals surface area contributed by atoms with Crippen LogP contribution < -0.4 is 14.8 Å². The molecule has 1 atom stereocenters. The molecule has 0 spiro atoms. The molecule has 1 aromatic rings. The van der Waals surface area contributed by atoms with E-state index in [0.717, 1.165) is 73.9 Å². The van der Waals surface area contributed by atoms with Gasteiger partial charge in [0.05, 0.1) is 0 Å². The minimum Gasteiger partial charge on any atom is -0.454 e. The maximum Gasteiger partial charge on any atom is 0.231 e. The minimum absolute atomic E-state index is 0.295. The molecular weight excluding hydrogens is 302 g/mol. The Morgan fingerprint density at radius 1 is 1.14 bits per heavy atom. The third kappa shape index (κ3) is 2.91. The Morgan fingerprint density at radius 3 is 2.64 bits per heavy atom. The van der Waals surface area contributed by atoms with E-state index in [2.05, 4.69) is 15.1 Å². The van der Waals surface area contributed by atoms with Gasteiger partial charge in [-0.25, -0.2) is 0 Å². The molecule has 120 valence electrons. The number of ether oxygens (including phenoxy) is 2. The number of hydrogen-bond acceptors (Lipinski definition) is 5. The standard InChI is InChI=1S/C16H22ClN3O2/c17-14-8-16-15(21-11-22-16)7-12(14)10-19-3-5-20(6-4-19)13-1-2-18-9-13/h7-8,13,18H,1-6,9-11H2. The topological polar surface area (TPSA) is 37.0 Å². The zero-order chi connectivity index (χ0) is 14.9. The summed E-state index contributed by atoms with van der Waals surface area (Å²) in [4.78, 5) is 5.10. The van der Waals surface area contributed by atoms with Crippen LogP contribution in [0, 0.1) is 0 Å². The summed E-state index contributed by atoms with van der Waals surface area (Å²) in [6.07, 6.45) is 1.29. The summed E-state index contributed by atoms with van der Waals surface area (Å²) in [5, 5.41) is 4.22. The lowest BCUT2D eigenvalue weighted by Gasteiger charge is -2.37. The highest BCUT2D eigenvalue weighted by Gasteiger charge is 2.26. The maximum atomic E-state index is 6.38. The van der Waals surface area contributed by atoms with Gasteiger partial charge in [0.1, 0.15) is 0 Å². The number of piperazine rings is 1. The fraction of sp³-hybridized carbons (Fsp3) is 0.625. The molecule has 2 saturated heterocycles. The smallest absolute Gasteiger partial charge is 0.231 e. The molecule has 0 saturated carbocycles. The van der Waals surface area contributed by atoms with Crippen molar-refractivity contribution >= 4 is 11.6 Å². The van der Waals surface area contributed by atoms with Crippen molar-refractivity contribution in [2.75, 3.05) is 46.1 Å². The zero-order valence-corrected chi connectivity index (χ0v) is 13.4. The summed E-state index contributed by atoms with van der Waals surface area (Å²) in [7, 11) is 0. The molecule has 1 unspecified atom stereocenters. The largest absolute Gasteiger partial charge is 0.454 e. The number of nitrogens with zero attached hydrogens (tertiary/aromatic N) is 2. The first kappa shape index (κ1) is 14.6. The summed E-state index contributed by atoms with van der Waals surface area (Å²) >= 11 is 6.38. The Kier molecular flexibility index (Phi) is 4.13. The van der Waals surface area contributed by atoms with Crippen molar-refractivity contribution in [3.8, 4) is 11.5 Å². The quantitative estimate of drug-likeness (QED) is 0.913. The van der Waals surface area contributed by atoms with Crippen molar-refractivity contribution in [2.24, 2.45) is 0 Å². The lowest BCUT2D eigenvalue weighted by molar-refractivity contribution is 0.0981. The Hall–Kier alpha value is -1.01. The number of halogens is 1. The molecule has 0 radical (unpaired) electrons. The van der Waals surface area contributed by atoms with E-state index < -0.39 is 0 Å². The van der Waals surface area contributed by atoms with E-state index >= 15 is 0 Å². The van der Waals surface area contributed by atoms with Crippen LogP contribution in [0.2, 0.25) is 5.02 Å². The number of nitrogens with one attached hydrogen (secondary N) is 1. The molecular formula is C16H22ClN3O2. The number of rotatable bonds is 3. The van der Waals surface area contributed by atoms with E-state index in [1.165, 1.54) is 6.42 Å². The van der Waals surface area contributed by atoms with Gasteiger partial charge >= 0.3 is 0 Å². The van der Waals surface area contributed by atoms with Crippen molar-refractivity contribution in [2.45, 2.75) is 19.0 Å². The summed E-state index contributed by atoms with van der Waals surface area (Å²) < 4.78 is 10.8. The van der Waals surface area contributed by atoms with Gasteiger partial charge in [-0.2, -0.15) is 0 Å². The molecule has 3 aliphatic rings. The highest BCUT2D eigenvalue weighted by molar-refractivity contribution is 6.31. The molecule has 3 heterocycles. The summed E-state index contributed by atoms with van der Waals surface area (Å²) in [6, 6.07) is 4.63. The lowest BCUT2D eigenvalue weighted by Crippen LogP contribution is -2.50. The van der Waals surface area contributed by atoms with Gasteiger partial charge in [0.2, 0.25) is 6.79 Å². The molecule has 4 rings (SSSR count). The third-order valence-corrected chi connectivity index (χ3v) is 5.24. The molecule has 0 bridgehead atoms. The van der Waals surface area contributed by atoms with E-state index in [-0.39, 0.29) is 0 Å². The SMILES string of the molecule is Clc1cc2c(cc1CN1CCN(C3CCNC3)CC1)OCO2. The monoisotopic (exact) mass is 323 g/mol. The Morgan fingerprint density at radius 2 is 1.91 bits per heavy atom. The second kappa shape index (κ2) is 6.24. The Balaban J connectivity index is 1.36. The van der Waals surface area contributed by atoms with E-state index in [0.29, 0.717) is 6.79 Å². The molecule has 1 N–H and O–H groups in total. The summed E-state index contributed by atoms with van der Waals surface area (Å²) in [5.41, 5.74) is 1.13. The van der Waals surface area contributed by atoms with Crippen molar-refractivity contribution in [3.05, 3.63) is 22.7 Å². The van der Waals surface area contributed by atoms with Crippen LogP contribution in [0.1, 0.15) is 12.0 Å². The van der Waals surface area contributed by atoms with Crippen molar-refractivity contribution < 1.29 is 9.47 Å². The number of hydrogen-bond donors (Lipinski definition) is 1. The fourth-order valence-corrected chi connectivity index (χ4v) is 3.77. The van der Waals surface area contributed by atoms with Crippen LogP contribution >= 0.6 is 11.6 Å². The van der Waals surface area contributed by atoms with Gasteiger partial charge in [-0.3, -0.25) is 9.80 Å². The van der Waals surface area contributed by atoms with Gasteiger partial charge in [0.15, 0.2) is 11.5 Å². The molecule has 0 amide bonds. The van der Waals surface area contributed by atoms with Crippen LogP contribution in [-0.2, 0) is 6.54 Å². The lowest BCUT2D eigenvalue weighted by atomic mass is 10.1. The van der Waals surface area contributed by atoms with Crippen LogP contribution in [0.15, 0.2) is 12.1 Å². The Labute approximate surface area is 136 Å². The van der Waals surface area contributed by atoms with Crippen LogP contribution in [-0.4, -0.2) is 61.9 Å². The van der Waals surface area contributed by atoms with Crippen LogP contribution in [0.3, 0.4) is 0 Å². The van der Waals surface area contributed by atoms with Gasteiger partial charge in [-0.15, -0.1) is 0 Å². The normalized spacial score (nSPS) is 25.8. The van der Waals surface area contributed by atoms with E-state index in [9.17, 15) is 0 Å². The molecule has 3 aliphatic heterocycles. The number of fused-ring (bicyclic) bond motifs is 1. The van der Waals surface area contributed by atoms with E-state index in [1.54, 1.807) is 0 Å². The summed E-state index contributed by atoms with van der Waals surface area (Å²) in [5.74, 6) is 1.57. The maximum absolute atomic E-state index is 6.38. The van der Waals surface area contributed by atoms with Gasteiger partial charge < -0.3 is 14.8 Å². The van der Waals surface area contributed by atoms with Crippen molar-refractivity contribution in [3.63, 3.8) is 0 Å². The predicted molar refractivity (Wildman–Crippen MR) is 85.7 cm³/mol. The molecule has 22 heavy (non-hydrogen) atoms. The van der Waals surface area contributed by atoms with Crippen LogP contribution in [0.25, 0.3) is 0 Å². The first-order chi connectivity index (χ1) is 10.8. The average Bonchev–Trinajstić information content (AvgIpc) is 3.19. The molecule has 5 nitrogen and oxygen atoms in total. The van der Waals surface area contributed by atoms with Crippen molar-refractivity contribution in [1.82, 2.24) is 15.1 Å². The molecule has 2 fully saturated rings. The first-order valence-corrected chi connectivity index (χ1v) is 8.42. The van der Waals surface area contributed by atoms with Gasteiger partial charge in [-0.05, 0) is 24.6 Å². The molecule has 6 heteroatoms. The van der Waals surface area contributed by atoms with Gasteiger partial charge in [-0.1, -0.05) is 11.6 Å². The highest BCUT2D eigenvalue weighted by Crippen LogP contribution is 2.37. The first-order valence-electron chi connectivity index (χ1n) is 8.05. The fourth-order valence-electron chi connectivity index (χ4n) is 3.56. The highest BCUT2D eigenvalue weighted by atomic mass is 35.5. The average molecular weight is 324 g/mol. The van der Waals surface area contributed by atoms with Crippen LogP contribution in [0.4, 0.5) is 0 Å². The minimum atomic E-state index is 0.295. The van der Waals surface area contributed by atoms with E-state index in [4.69, 9.17) is 21.1 Å².